The minimum atomic E-state index is 0.0502. The van der Waals surface area contributed by atoms with E-state index in [1.807, 2.05) is 16.7 Å². The van der Waals surface area contributed by atoms with Gasteiger partial charge in [0.25, 0.3) is 0 Å². The van der Waals surface area contributed by atoms with Crippen LogP contribution in [0.1, 0.15) is 45.4 Å². The second-order valence-electron chi connectivity index (χ2n) is 6.11. The zero-order valence-electron chi connectivity index (χ0n) is 13.7. The Bertz CT molecular complexity index is 362. The van der Waals surface area contributed by atoms with Crippen LogP contribution in [0, 0.1) is 0 Å². The van der Waals surface area contributed by atoms with E-state index < -0.39 is 0 Å². The molecule has 0 aromatic heterocycles. The molecule has 6 nitrogen and oxygen atoms in total. The van der Waals surface area contributed by atoms with Crippen LogP contribution in [0.2, 0.25) is 0 Å². The van der Waals surface area contributed by atoms with E-state index in [4.69, 9.17) is 4.74 Å². The van der Waals surface area contributed by atoms with Crippen molar-refractivity contribution < 1.29 is 14.3 Å². The molecule has 2 aliphatic heterocycles. The van der Waals surface area contributed by atoms with E-state index in [2.05, 4.69) is 5.32 Å². The third kappa shape index (κ3) is 5.16. The Labute approximate surface area is 133 Å². The molecule has 6 heteroatoms. The Morgan fingerprint density at radius 2 is 1.68 bits per heavy atom. The molecule has 126 valence electrons. The number of likely N-dealkylation sites (tertiary alicyclic amines) is 2. The SMILES string of the molecule is CCOCCC(=O)NC1CCN(C(=O)N2CCCCC2)CC1. The van der Waals surface area contributed by atoms with Crippen LogP contribution in [0.3, 0.4) is 0 Å². The first kappa shape index (κ1) is 17.1. The highest BCUT2D eigenvalue weighted by Crippen LogP contribution is 2.16. The number of carbonyl (C=O) groups excluding carboxylic acids is 2. The van der Waals surface area contributed by atoms with Crippen molar-refractivity contribution in [2.45, 2.75) is 51.5 Å². The molecule has 3 amide bonds. The third-order valence-corrected chi connectivity index (χ3v) is 4.43. The van der Waals surface area contributed by atoms with Crippen LogP contribution >= 0.6 is 0 Å². The molecule has 0 saturated carbocycles. The lowest BCUT2D eigenvalue weighted by molar-refractivity contribution is -0.123. The first-order valence-electron chi connectivity index (χ1n) is 8.61. The molecule has 2 rings (SSSR count). The number of rotatable bonds is 5. The second-order valence-corrected chi connectivity index (χ2v) is 6.11. The lowest BCUT2D eigenvalue weighted by Crippen LogP contribution is -2.51. The van der Waals surface area contributed by atoms with Crippen LogP contribution in [0.25, 0.3) is 0 Å². The quantitative estimate of drug-likeness (QED) is 0.785. The van der Waals surface area contributed by atoms with Gasteiger partial charge in [-0.1, -0.05) is 0 Å². The van der Waals surface area contributed by atoms with Crippen molar-refractivity contribution in [1.82, 2.24) is 15.1 Å². The van der Waals surface area contributed by atoms with E-state index >= 15 is 0 Å². The highest BCUT2D eigenvalue weighted by Gasteiger charge is 2.27. The summed E-state index contributed by atoms with van der Waals surface area (Å²) in [5.74, 6) is 0.0502. The van der Waals surface area contributed by atoms with Crippen LogP contribution in [-0.2, 0) is 9.53 Å². The van der Waals surface area contributed by atoms with Crippen LogP contribution in [-0.4, -0.2) is 67.2 Å². The maximum Gasteiger partial charge on any atom is 0.319 e. The molecule has 0 unspecified atom stereocenters. The summed E-state index contributed by atoms with van der Waals surface area (Å²) in [4.78, 5) is 28.1. The number of piperidine rings is 2. The molecule has 1 N–H and O–H groups in total. The van der Waals surface area contributed by atoms with Gasteiger partial charge >= 0.3 is 6.03 Å². The Morgan fingerprint density at radius 3 is 2.32 bits per heavy atom. The highest BCUT2D eigenvalue weighted by atomic mass is 16.5. The van der Waals surface area contributed by atoms with Gasteiger partial charge < -0.3 is 19.9 Å². The lowest BCUT2D eigenvalue weighted by atomic mass is 10.0. The van der Waals surface area contributed by atoms with Crippen LogP contribution in [0.15, 0.2) is 0 Å². The second kappa shape index (κ2) is 8.98. The van der Waals surface area contributed by atoms with Gasteiger partial charge in [0.05, 0.1) is 6.61 Å². The minimum Gasteiger partial charge on any atom is -0.381 e. The molecule has 0 aromatic rings. The van der Waals surface area contributed by atoms with Gasteiger partial charge in [-0.05, 0) is 39.0 Å². The maximum absolute atomic E-state index is 12.4. The number of hydrogen-bond donors (Lipinski definition) is 1. The summed E-state index contributed by atoms with van der Waals surface area (Å²) < 4.78 is 5.19. The topological polar surface area (TPSA) is 61.9 Å². The van der Waals surface area contributed by atoms with Crippen LogP contribution in [0.5, 0.6) is 0 Å². The molecule has 2 saturated heterocycles. The largest absolute Gasteiger partial charge is 0.381 e. The van der Waals surface area contributed by atoms with Gasteiger partial charge in [-0.15, -0.1) is 0 Å². The summed E-state index contributed by atoms with van der Waals surface area (Å²) in [6.07, 6.45) is 5.59. The molecule has 2 fully saturated rings. The minimum absolute atomic E-state index is 0.0502. The van der Waals surface area contributed by atoms with Gasteiger partial charge in [0.2, 0.25) is 5.91 Å². The van der Waals surface area contributed by atoms with Crippen molar-refractivity contribution >= 4 is 11.9 Å². The number of nitrogens with zero attached hydrogens (tertiary/aromatic N) is 2. The molecule has 0 radical (unpaired) electrons. The molecule has 0 aromatic carbocycles. The van der Waals surface area contributed by atoms with Crippen molar-refractivity contribution in [3.05, 3.63) is 0 Å². The van der Waals surface area contributed by atoms with E-state index in [0.29, 0.717) is 19.6 Å². The maximum atomic E-state index is 12.4. The molecule has 0 spiro atoms. The molecule has 2 aliphatic rings. The van der Waals surface area contributed by atoms with E-state index in [1.54, 1.807) is 0 Å². The fraction of sp³-hybridized carbons (Fsp3) is 0.875. The number of carbonyl (C=O) groups is 2. The van der Waals surface area contributed by atoms with E-state index in [0.717, 1.165) is 51.9 Å². The van der Waals surface area contributed by atoms with Crippen molar-refractivity contribution in [3.8, 4) is 0 Å². The smallest absolute Gasteiger partial charge is 0.319 e. The standard InChI is InChI=1S/C16H29N3O3/c1-2-22-13-8-15(20)17-14-6-11-19(12-7-14)16(21)18-9-4-3-5-10-18/h14H,2-13H2,1H3,(H,17,20). The summed E-state index contributed by atoms with van der Waals surface area (Å²) in [7, 11) is 0. The third-order valence-electron chi connectivity index (χ3n) is 4.43. The average molecular weight is 311 g/mol. The fourth-order valence-electron chi connectivity index (χ4n) is 3.11. The van der Waals surface area contributed by atoms with Gasteiger partial charge in [-0.2, -0.15) is 0 Å². The monoisotopic (exact) mass is 311 g/mol. The van der Waals surface area contributed by atoms with E-state index in [9.17, 15) is 9.59 Å². The van der Waals surface area contributed by atoms with Crippen molar-refractivity contribution in [2.75, 3.05) is 39.4 Å². The zero-order chi connectivity index (χ0) is 15.8. The summed E-state index contributed by atoms with van der Waals surface area (Å²) >= 11 is 0. The number of nitrogens with one attached hydrogen (secondary N) is 1. The Balaban J connectivity index is 1.66. The van der Waals surface area contributed by atoms with Gasteiger partial charge in [0, 0.05) is 45.2 Å². The highest BCUT2D eigenvalue weighted by molar-refractivity contribution is 5.76. The Hall–Kier alpha value is -1.30. The lowest BCUT2D eigenvalue weighted by Gasteiger charge is -2.37. The van der Waals surface area contributed by atoms with Gasteiger partial charge in [0.15, 0.2) is 0 Å². The van der Waals surface area contributed by atoms with Crippen LogP contribution in [0.4, 0.5) is 4.79 Å². The summed E-state index contributed by atoms with van der Waals surface area (Å²) in [5.41, 5.74) is 0. The Morgan fingerprint density at radius 1 is 1.05 bits per heavy atom. The Kier molecular flexibility index (Phi) is 6.96. The summed E-state index contributed by atoms with van der Waals surface area (Å²) in [6, 6.07) is 0.375. The number of amides is 3. The molecule has 22 heavy (non-hydrogen) atoms. The van der Waals surface area contributed by atoms with Crippen molar-refractivity contribution in [3.63, 3.8) is 0 Å². The predicted octanol–water partition coefficient (Wildman–Crippen LogP) is 1.60. The van der Waals surface area contributed by atoms with Crippen molar-refractivity contribution in [1.29, 1.82) is 0 Å². The first-order valence-corrected chi connectivity index (χ1v) is 8.61. The predicted molar refractivity (Wildman–Crippen MR) is 84.7 cm³/mol. The normalized spacial score (nSPS) is 20.0. The van der Waals surface area contributed by atoms with Gasteiger partial charge in [-0.3, -0.25) is 4.79 Å². The average Bonchev–Trinajstić information content (AvgIpc) is 2.56. The molecule has 0 aliphatic carbocycles. The summed E-state index contributed by atoms with van der Waals surface area (Å²) in [6.45, 7) is 6.32. The molecule has 0 atom stereocenters. The molecular weight excluding hydrogens is 282 g/mol. The molecule has 2 heterocycles. The first-order chi connectivity index (χ1) is 10.7. The van der Waals surface area contributed by atoms with E-state index in [-0.39, 0.29) is 18.0 Å². The number of ether oxygens (including phenoxy) is 1. The van der Waals surface area contributed by atoms with E-state index in [1.165, 1.54) is 6.42 Å². The number of urea groups is 1. The molecular formula is C16H29N3O3. The number of hydrogen-bond acceptors (Lipinski definition) is 3. The van der Waals surface area contributed by atoms with Crippen LogP contribution < -0.4 is 5.32 Å². The fourth-order valence-corrected chi connectivity index (χ4v) is 3.11. The summed E-state index contributed by atoms with van der Waals surface area (Å²) in [5, 5.41) is 3.05. The van der Waals surface area contributed by atoms with Crippen molar-refractivity contribution in [2.24, 2.45) is 0 Å². The zero-order valence-corrected chi connectivity index (χ0v) is 13.7. The van der Waals surface area contributed by atoms with Gasteiger partial charge in [0.1, 0.15) is 0 Å². The van der Waals surface area contributed by atoms with Gasteiger partial charge in [-0.25, -0.2) is 4.79 Å². The molecule has 0 bridgehead atoms.